The van der Waals surface area contributed by atoms with Crippen LogP contribution in [0.4, 0.5) is 11.4 Å². The van der Waals surface area contributed by atoms with Crippen molar-refractivity contribution in [3.05, 3.63) is 94.8 Å². The number of likely N-dealkylation sites (N-methyl/N-ethyl adjacent to an activating group) is 1. The lowest BCUT2D eigenvalue weighted by Gasteiger charge is -2.28. The molecule has 8 nitrogen and oxygen atoms in total. The number of hydrogen-bond donors (Lipinski definition) is 5. The summed E-state index contributed by atoms with van der Waals surface area (Å²) >= 11 is 0. The highest BCUT2D eigenvalue weighted by atomic mass is 15.1. The molecule has 1 aromatic rings. The first-order chi connectivity index (χ1) is 16.4. The van der Waals surface area contributed by atoms with Crippen molar-refractivity contribution in [2.24, 2.45) is 15.7 Å². The summed E-state index contributed by atoms with van der Waals surface area (Å²) < 4.78 is 0. The second-order valence-corrected chi connectivity index (χ2v) is 7.84. The molecular weight excluding hydrogens is 424 g/mol. The molecule has 0 aliphatic carbocycles. The number of hydrogen-bond acceptors (Lipinski definition) is 8. The monoisotopic (exact) mass is 456 g/mol. The average Bonchev–Trinajstić information content (AvgIpc) is 3.29. The quantitative estimate of drug-likeness (QED) is 0.232. The highest BCUT2D eigenvalue weighted by molar-refractivity contribution is 6.07. The van der Waals surface area contributed by atoms with Gasteiger partial charge < -0.3 is 32.4 Å². The first-order valence-corrected chi connectivity index (χ1v) is 11.0. The molecule has 7 N–H and O–H groups in total. The Balaban J connectivity index is 1.83. The van der Waals surface area contributed by atoms with Gasteiger partial charge >= 0.3 is 0 Å². The van der Waals surface area contributed by atoms with Crippen LogP contribution in [0.2, 0.25) is 0 Å². The summed E-state index contributed by atoms with van der Waals surface area (Å²) in [5, 5.41) is 14.3. The fraction of sp³-hybridized carbons (Fsp3) is 0.192. The van der Waals surface area contributed by atoms with E-state index < -0.39 is 0 Å². The predicted octanol–water partition coefficient (Wildman–Crippen LogP) is 3.67. The molecule has 2 aliphatic rings. The van der Waals surface area contributed by atoms with Crippen LogP contribution in [-0.4, -0.2) is 43.8 Å². The van der Waals surface area contributed by atoms with Crippen LogP contribution in [0.3, 0.4) is 0 Å². The normalized spacial score (nSPS) is 16.8. The number of benzene rings is 1. The van der Waals surface area contributed by atoms with E-state index in [0.29, 0.717) is 17.8 Å². The van der Waals surface area contributed by atoms with Gasteiger partial charge in [0.25, 0.3) is 0 Å². The van der Waals surface area contributed by atoms with E-state index in [2.05, 4.69) is 46.3 Å². The summed E-state index contributed by atoms with van der Waals surface area (Å²) in [4.78, 5) is 10.7. The Morgan fingerprint density at radius 1 is 1.35 bits per heavy atom. The second kappa shape index (κ2) is 11.0. The maximum absolute atomic E-state index is 7.49. The minimum Gasteiger partial charge on any atom is -0.404 e. The Bertz CT molecular complexity index is 1190. The second-order valence-electron chi connectivity index (χ2n) is 7.84. The van der Waals surface area contributed by atoms with Crippen LogP contribution in [0.5, 0.6) is 0 Å². The van der Waals surface area contributed by atoms with Crippen LogP contribution < -0.4 is 22.1 Å². The smallest absolute Gasteiger partial charge is 0.125 e. The molecule has 2 aliphatic heterocycles. The third-order valence-electron chi connectivity index (χ3n) is 5.42. The summed E-state index contributed by atoms with van der Waals surface area (Å²) in [6.07, 6.45) is 13.6. The van der Waals surface area contributed by atoms with Crippen molar-refractivity contribution in [3.63, 3.8) is 0 Å². The van der Waals surface area contributed by atoms with E-state index in [0.717, 1.165) is 51.8 Å². The number of nitrogens with one attached hydrogen (secondary N) is 3. The molecule has 8 heteroatoms. The number of anilines is 2. The van der Waals surface area contributed by atoms with E-state index in [4.69, 9.17) is 16.9 Å². The Morgan fingerprint density at radius 2 is 2.15 bits per heavy atom. The van der Waals surface area contributed by atoms with Crippen molar-refractivity contribution < 1.29 is 0 Å². The highest BCUT2D eigenvalue weighted by Gasteiger charge is 2.20. The minimum absolute atomic E-state index is 0.554. The number of aliphatic imine (C=N–C) groups is 2. The lowest BCUT2D eigenvalue weighted by atomic mass is 10.0. The van der Waals surface area contributed by atoms with E-state index in [1.165, 1.54) is 6.21 Å². The van der Waals surface area contributed by atoms with Crippen LogP contribution in [0.15, 0.2) is 99.2 Å². The van der Waals surface area contributed by atoms with Crippen molar-refractivity contribution in [2.45, 2.75) is 13.3 Å². The topological polar surface area (TPSA) is 128 Å². The van der Waals surface area contributed by atoms with Crippen molar-refractivity contribution in [1.29, 1.82) is 5.41 Å². The van der Waals surface area contributed by atoms with Gasteiger partial charge in [-0.1, -0.05) is 19.6 Å². The first kappa shape index (κ1) is 24.3. The van der Waals surface area contributed by atoms with E-state index >= 15 is 0 Å². The average molecular weight is 457 g/mol. The van der Waals surface area contributed by atoms with Gasteiger partial charge in [0.2, 0.25) is 0 Å². The zero-order valence-electron chi connectivity index (χ0n) is 19.9. The zero-order valence-corrected chi connectivity index (χ0v) is 19.9. The van der Waals surface area contributed by atoms with Crippen LogP contribution in [-0.2, 0) is 0 Å². The molecule has 1 aromatic carbocycles. The molecule has 0 radical (unpaired) electrons. The van der Waals surface area contributed by atoms with Crippen molar-refractivity contribution in [2.75, 3.05) is 31.7 Å². The molecule has 0 unspecified atom stereocenters. The van der Waals surface area contributed by atoms with E-state index in [9.17, 15) is 0 Å². The largest absolute Gasteiger partial charge is 0.404 e. The molecule has 34 heavy (non-hydrogen) atoms. The van der Waals surface area contributed by atoms with Crippen molar-refractivity contribution in [1.82, 2.24) is 10.2 Å². The van der Waals surface area contributed by atoms with Gasteiger partial charge in [0.15, 0.2) is 0 Å². The molecule has 176 valence electrons. The van der Waals surface area contributed by atoms with Gasteiger partial charge in [-0.05, 0) is 47.9 Å². The summed E-state index contributed by atoms with van der Waals surface area (Å²) in [5.41, 5.74) is 19.3. The number of rotatable bonds is 8. The van der Waals surface area contributed by atoms with Crippen LogP contribution >= 0.6 is 0 Å². The molecule has 0 amide bonds. The van der Waals surface area contributed by atoms with Gasteiger partial charge in [0.05, 0.1) is 17.9 Å². The SMILES string of the molecule is C=C1C(NC(=C/CC)/C(C=NC)=C/N)=CC(C2=CC(Nc3ccc(N)c(C=N)c3)=NC2)=CN1C. The summed E-state index contributed by atoms with van der Waals surface area (Å²) in [5.74, 6) is 0.755. The van der Waals surface area contributed by atoms with E-state index in [1.54, 1.807) is 25.5 Å². The van der Waals surface area contributed by atoms with E-state index in [-0.39, 0.29) is 0 Å². The Hall–Kier alpha value is -4.33. The van der Waals surface area contributed by atoms with Crippen molar-refractivity contribution >= 4 is 29.6 Å². The molecule has 0 saturated carbocycles. The maximum atomic E-state index is 7.49. The molecule has 0 aromatic heterocycles. The van der Waals surface area contributed by atoms with Gasteiger partial charge in [-0.2, -0.15) is 0 Å². The third-order valence-corrected chi connectivity index (χ3v) is 5.42. The van der Waals surface area contributed by atoms with Crippen LogP contribution in [0, 0.1) is 5.41 Å². The number of nitrogens with zero attached hydrogens (tertiary/aromatic N) is 3. The van der Waals surface area contributed by atoms with Gasteiger partial charge in [-0.25, -0.2) is 0 Å². The van der Waals surface area contributed by atoms with Gasteiger partial charge in [-0.15, -0.1) is 0 Å². The number of nitrogen functional groups attached to an aromatic ring is 1. The lowest BCUT2D eigenvalue weighted by Crippen LogP contribution is -2.26. The molecule has 0 spiro atoms. The van der Waals surface area contributed by atoms with Crippen LogP contribution in [0.25, 0.3) is 0 Å². The summed E-state index contributed by atoms with van der Waals surface area (Å²) in [7, 11) is 3.69. The third kappa shape index (κ3) is 5.53. The van der Waals surface area contributed by atoms with E-state index in [1.807, 2.05) is 36.4 Å². The molecule has 0 saturated heterocycles. The van der Waals surface area contributed by atoms with Gasteiger partial charge in [0.1, 0.15) is 5.84 Å². The van der Waals surface area contributed by atoms with Crippen molar-refractivity contribution in [3.8, 4) is 0 Å². The Kier molecular flexibility index (Phi) is 7.87. The molecule has 0 atom stereocenters. The molecule has 0 bridgehead atoms. The summed E-state index contributed by atoms with van der Waals surface area (Å²) in [6, 6.07) is 5.49. The summed E-state index contributed by atoms with van der Waals surface area (Å²) in [6.45, 7) is 6.85. The molecular formula is C26H32N8. The first-order valence-electron chi connectivity index (χ1n) is 11.0. The fourth-order valence-electron chi connectivity index (χ4n) is 3.57. The standard InChI is InChI=1S/C26H32N8/c1-5-6-24(21(13-28)14-30-3)33-25-10-20(16-34(4)17(25)2)19-11-26(31-15-19)32-22-7-8-23(29)18(9-22)12-27/h6-14,16,27,33H,2,5,15,28-29H2,1,3-4H3,(H,31,32)/b21-13+,24-6+,27-12?,30-14?. The number of nitrogens with two attached hydrogens (primary N) is 2. The van der Waals surface area contributed by atoms with Crippen LogP contribution in [0.1, 0.15) is 18.9 Å². The maximum Gasteiger partial charge on any atom is 0.125 e. The number of allylic oxidation sites excluding steroid dienone is 3. The lowest BCUT2D eigenvalue weighted by molar-refractivity contribution is 0.560. The molecule has 0 fully saturated rings. The number of amidine groups is 1. The Labute approximate surface area is 201 Å². The predicted molar refractivity (Wildman–Crippen MR) is 144 cm³/mol. The van der Waals surface area contributed by atoms with Gasteiger partial charge in [0, 0.05) is 67.1 Å². The van der Waals surface area contributed by atoms with Gasteiger partial charge in [-0.3, -0.25) is 9.98 Å². The fourth-order valence-corrected chi connectivity index (χ4v) is 3.57. The molecule has 3 rings (SSSR count). The highest BCUT2D eigenvalue weighted by Crippen LogP contribution is 2.28. The Morgan fingerprint density at radius 3 is 2.82 bits per heavy atom. The molecule has 2 heterocycles. The zero-order chi connectivity index (χ0) is 24.7. The minimum atomic E-state index is 0.554.